The van der Waals surface area contributed by atoms with Gasteiger partial charge in [-0.1, -0.05) is 72.1 Å². The monoisotopic (exact) mass is 533 g/mol. The quantitative estimate of drug-likeness (QED) is 0.222. The van der Waals surface area contributed by atoms with Gasteiger partial charge in [0.2, 0.25) is 5.91 Å². The van der Waals surface area contributed by atoms with Crippen molar-refractivity contribution in [2.24, 2.45) is 0 Å². The minimum absolute atomic E-state index is 0.118. The van der Waals surface area contributed by atoms with Crippen LogP contribution in [0.2, 0.25) is 0 Å². The lowest BCUT2D eigenvalue weighted by molar-refractivity contribution is -0.113. The molecule has 2 heterocycles. The smallest absolute Gasteiger partial charge is 0.234 e. The van der Waals surface area contributed by atoms with E-state index in [1.54, 1.807) is 36.3 Å². The van der Waals surface area contributed by atoms with Crippen LogP contribution in [0.1, 0.15) is 11.4 Å². The fraction of sp³-hybridized carbons (Fsp3) is 0.154. The number of amides is 1. The number of para-hydroxylation sites is 1. The van der Waals surface area contributed by atoms with Gasteiger partial charge in [0.05, 0.1) is 35.4 Å². The van der Waals surface area contributed by atoms with Gasteiger partial charge in [-0.25, -0.2) is 4.98 Å². The summed E-state index contributed by atoms with van der Waals surface area (Å²) in [6.07, 6.45) is 0. The fourth-order valence-corrected chi connectivity index (χ4v) is 6.29. The van der Waals surface area contributed by atoms with E-state index in [9.17, 15) is 4.79 Å². The number of hydrogen-bond donors (Lipinski definition) is 1. The normalized spacial score (nSPS) is 11.0. The highest BCUT2D eigenvalue weighted by Gasteiger charge is 2.16. The standard InChI is InChI=1S/C26H23N5O2S3/c1-33-20-11-7-10-19(14-20)27-24(32)17-34-25-30-29-23(31(25)15-18-8-3-2-4-9-18)16-35-26-28-21-12-5-6-13-22(21)36-26/h2-14H,15-17H2,1H3,(H,27,32). The number of rotatable bonds is 10. The summed E-state index contributed by atoms with van der Waals surface area (Å²) >= 11 is 4.70. The molecule has 0 aliphatic rings. The van der Waals surface area contributed by atoms with Crippen LogP contribution in [0.15, 0.2) is 88.4 Å². The molecule has 0 spiro atoms. The number of benzene rings is 3. The Labute approximate surface area is 221 Å². The Kier molecular flexibility index (Phi) is 7.85. The molecule has 7 nitrogen and oxygen atoms in total. The van der Waals surface area contributed by atoms with Crippen LogP contribution in [0.4, 0.5) is 5.69 Å². The number of anilines is 1. The maximum atomic E-state index is 12.6. The lowest BCUT2D eigenvalue weighted by Gasteiger charge is -2.10. The van der Waals surface area contributed by atoms with Crippen LogP contribution in [0.25, 0.3) is 10.2 Å². The molecule has 5 aromatic rings. The molecule has 1 N–H and O–H groups in total. The van der Waals surface area contributed by atoms with Crippen LogP contribution in [-0.2, 0) is 17.1 Å². The molecule has 2 aromatic heterocycles. The predicted octanol–water partition coefficient (Wildman–Crippen LogP) is 5.97. The van der Waals surface area contributed by atoms with Crippen LogP contribution >= 0.6 is 34.9 Å². The van der Waals surface area contributed by atoms with Crippen molar-refractivity contribution in [2.75, 3.05) is 18.2 Å². The summed E-state index contributed by atoms with van der Waals surface area (Å²) in [4.78, 5) is 17.3. The fourth-order valence-electron chi connectivity index (χ4n) is 3.52. The summed E-state index contributed by atoms with van der Waals surface area (Å²) in [5, 5.41) is 12.5. The molecule has 0 saturated carbocycles. The summed E-state index contributed by atoms with van der Waals surface area (Å²) in [6.45, 7) is 0.628. The maximum absolute atomic E-state index is 12.6. The molecule has 3 aromatic carbocycles. The number of carbonyl (C=O) groups excluding carboxylic acids is 1. The highest BCUT2D eigenvalue weighted by Crippen LogP contribution is 2.32. The van der Waals surface area contributed by atoms with E-state index in [0.29, 0.717) is 28.9 Å². The Morgan fingerprint density at radius 2 is 1.83 bits per heavy atom. The molecule has 0 atom stereocenters. The molecule has 10 heteroatoms. The molecule has 5 rings (SSSR count). The molecular weight excluding hydrogens is 511 g/mol. The van der Waals surface area contributed by atoms with Crippen LogP contribution in [0.5, 0.6) is 5.75 Å². The zero-order chi connectivity index (χ0) is 24.7. The topological polar surface area (TPSA) is 81.9 Å². The minimum Gasteiger partial charge on any atom is -0.497 e. The number of carbonyl (C=O) groups is 1. The van der Waals surface area contributed by atoms with Crippen LogP contribution < -0.4 is 10.1 Å². The first-order valence-corrected chi connectivity index (χ1v) is 14.0. The third-order valence-corrected chi connectivity index (χ3v) is 8.40. The number of methoxy groups -OCH3 is 1. The number of thioether (sulfide) groups is 2. The third-order valence-electron chi connectivity index (χ3n) is 5.26. The van der Waals surface area contributed by atoms with Gasteiger partial charge in [0.25, 0.3) is 0 Å². The third kappa shape index (κ3) is 6.07. The first-order chi connectivity index (χ1) is 17.7. The highest BCUT2D eigenvalue weighted by atomic mass is 32.2. The number of thiazole rings is 1. The zero-order valence-electron chi connectivity index (χ0n) is 19.5. The first kappa shape index (κ1) is 24.4. The average molecular weight is 534 g/mol. The predicted molar refractivity (Wildman–Crippen MR) is 147 cm³/mol. The molecule has 0 radical (unpaired) electrons. The molecule has 182 valence electrons. The number of ether oxygens (including phenoxy) is 1. The van der Waals surface area contributed by atoms with Gasteiger partial charge in [0.1, 0.15) is 11.6 Å². The summed E-state index contributed by atoms with van der Waals surface area (Å²) in [6, 6.07) is 25.6. The van der Waals surface area contributed by atoms with Gasteiger partial charge in [0.15, 0.2) is 9.50 Å². The second kappa shape index (κ2) is 11.6. The van der Waals surface area contributed by atoms with Gasteiger partial charge in [-0.2, -0.15) is 0 Å². The molecule has 0 fully saturated rings. The Balaban J connectivity index is 1.29. The number of aromatic nitrogens is 4. The number of nitrogens with zero attached hydrogens (tertiary/aromatic N) is 4. The number of nitrogens with one attached hydrogen (secondary N) is 1. The van der Waals surface area contributed by atoms with Crippen molar-refractivity contribution in [2.45, 2.75) is 21.8 Å². The number of hydrogen-bond acceptors (Lipinski definition) is 8. The van der Waals surface area contributed by atoms with Gasteiger partial charge in [-0.3, -0.25) is 4.79 Å². The van der Waals surface area contributed by atoms with E-state index in [-0.39, 0.29) is 11.7 Å². The Bertz CT molecular complexity index is 1440. The van der Waals surface area contributed by atoms with Crippen molar-refractivity contribution in [3.05, 3.63) is 90.3 Å². The van der Waals surface area contributed by atoms with E-state index in [1.165, 1.54) is 16.5 Å². The van der Waals surface area contributed by atoms with E-state index in [2.05, 4.69) is 38.3 Å². The molecule has 0 aliphatic heterocycles. The summed E-state index contributed by atoms with van der Waals surface area (Å²) in [7, 11) is 1.60. The Morgan fingerprint density at radius 3 is 2.67 bits per heavy atom. The van der Waals surface area contributed by atoms with Crippen LogP contribution in [-0.4, -0.2) is 38.5 Å². The van der Waals surface area contributed by atoms with Gasteiger partial charge < -0.3 is 14.6 Å². The van der Waals surface area contributed by atoms with Gasteiger partial charge in [0, 0.05) is 11.8 Å². The second-order valence-electron chi connectivity index (χ2n) is 7.78. The SMILES string of the molecule is COc1cccc(NC(=O)CSc2nnc(CSc3nc4ccccc4s3)n2Cc2ccccc2)c1. The largest absolute Gasteiger partial charge is 0.497 e. The Morgan fingerprint density at radius 1 is 1.00 bits per heavy atom. The highest BCUT2D eigenvalue weighted by molar-refractivity contribution is 8.00. The van der Waals surface area contributed by atoms with Gasteiger partial charge in [-0.05, 0) is 29.8 Å². The number of fused-ring (bicyclic) bond motifs is 1. The van der Waals surface area contributed by atoms with Gasteiger partial charge in [-0.15, -0.1) is 21.5 Å². The van der Waals surface area contributed by atoms with Crippen LogP contribution in [0.3, 0.4) is 0 Å². The molecule has 0 unspecified atom stereocenters. The summed E-state index contributed by atoms with van der Waals surface area (Å²) in [5.41, 5.74) is 2.85. The average Bonchev–Trinajstić information content (AvgIpc) is 3.50. The zero-order valence-corrected chi connectivity index (χ0v) is 21.9. The van der Waals surface area contributed by atoms with Crippen molar-refractivity contribution >= 4 is 56.7 Å². The van der Waals surface area contributed by atoms with E-state index >= 15 is 0 Å². The molecule has 0 bridgehead atoms. The lowest BCUT2D eigenvalue weighted by Crippen LogP contribution is -2.15. The first-order valence-electron chi connectivity index (χ1n) is 11.2. The summed E-state index contributed by atoms with van der Waals surface area (Å²) < 4.78 is 9.48. The Hall–Kier alpha value is -3.34. The molecule has 1 amide bonds. The molecule has 0 aliphatic carbocycles. The molecule has 36 heavy (non-hydrogen) atoms. The molecular formula is C26H23N5O2S3. The van der Waals surface area contributed by atoms with Crippen molar-refractivity contribution < 1.29 is 9.53 Å². The van der Waals surface area contributed by atoms with Crippen molar-refractivity contribution in [3.63, 3.8) is 0 Å². The van der Waals surface area contributed by atoms with Gasteiger partial charge >= 0.3 is 0 Å². The van der Waals surface area contributed by atoms with Crippen LogP contribution in [0, 0.1) is 0 Å². The maximum Gasteiger partial charge on any atom is 0.234 e. The molecule has 0 saturated heterocycles. The van der Waals surface area contributed by atoms with Crippen molar-refractivity contribution in [1.29, 1.82) is 0 Å². The van der Waals surface area contributed by atoms with Crippen molar-refractivity contribution in [3.8, 4) is 5.75 Å². The van der Waals surface area contributed by atoms with E-state index in [4.69, 9.17) is 9.72 Å². The summed E-state index contributed by atoms with van der Waals surface area (Å²) in [5.74, 6) is 2.27. The lowest BCUT2D eigenvalue weighted by atomic mass is 10.2. The van der Waals surface area contributed by atoms with Crippen molar-refractivity contribution in [1.82, 2.24) is 19.7 Å². The van der Waals surface area contributed by atoms with E-state index in [1.807, 2.05) is 54.6 Å². The van der Waals surface area contributed by atoms with E-state index < -0.39 is 0 Å². The minimum atomic E-state index is -0.118. The van der Waals surface area contributed by atoms with E-state index in [0.717, 1.165) is 21.2 Å². The second-order valence-corrected chi connectivity index (χ2v) is 11.0.